The summed E-state index contributed by atoms with van der Waals surface area (Å²) in [5, 5.41) is 2.35. The molecule has 9 nitrogen and oxygen atoms in total. The van der Waals surface area contributed by atoms with Crippen molar-refractivity contribution >= 4 is 29.6 Å². The first-order valence-corrected chi connectivity index (χ1v) is 14.5. The second-order valence-electron chi connectivity index (χ2n) is 13.3. The number of amides is 1. The smallest absolute Gasteiger partial charge is 0.408 e. The zero-order valence-corrected chi connectivity index (χ0v) is 27.1. The quantitative estimate of drug-likeness (QED) is 0.146. The number of hydrogen-bond acceptors (Lipinski definition) is 8. The molecule has 0 heterocycles. The summed E-state index contributed by atoms with van der Waals surface area (Å²) in [4.78, 5) is 62.5. The second-order valence-corrected chi connectivity index (χ2v) is 13.3. The van der Waals surface area contributed by atoms with Crippen molar-refractivity contribution in [2.45, 2.75) is 67.0 Å². The lowest BCUT2D eigenvalue weighted by atomic mass is 9.81. The van der Waals surface area contributed by atoms with Gasteiger partial charge in [0.1, 0.15) is 11.6 Å². The van der Waals surface area contributed by atoms with Crippen LogP contribution in [0.1, 0.15) is 76.1 Å². The molecule has 0 aliphatic carbocycles. The minimum Gasteiger partial charge on any atom is -0.457 e. The van der Waals surface area contributed by atoms with Gasteiger partial charge in [0.15, 0.2) is 24.8 Å². The Kier molecular flexibility index (Phi) is 12.5. The van der Waals surface area contributed by atoms with Crippen molar-refractivity contribution in [3.63, 3.8) is 0 Å². The second kappa shape index (κ2) is 15.2. The number of Topliss-reactive ketones (excluding diaryl/α,β-unsaturated/α-hetero) is 2. The molecule has 0 radical (unpaired) electrons. The van der Waals surface area contributed by atoms with Gasteiger partial charge >= 0.3 is 18.0 Å². The molecule has 246 valence electrons. The first-order chi connectivity index (χ1) is 20.8. The normalized spacial score (nSPS) is 13.3. The lowest BCUT2D eigenvalue weighted by molar-refractivity contribution is -0.151. The molecule has 2 aromatic carbocycles. The van der Waals surface area contributed by atoms with Gasteiger partial charge in [0.2, 0.25) is 0 Å². The van der Waals surface area contributed by atoms with Gasteiger partial charge in [0, 0.05) is 22.0 Å². The van der Waals surface area contributed by atoms with Gasteiger partial charge in [0.05, 0.1) is 19.3 Å². The predicted molar refractivity (Wildman–Crippen MR) is 164 cm³/mol. The molecule has 1 N–H and O–H groups in total. The van der Waals surface area contributed by atoms with Crippen molar-refractivity contribution in [1.29, 1.82) is 0 Å². The maximum atomic E-state index is 13.7. The van der Waals surface area contributed by atoms with Crippen molar-refractivity contribution in [2.24, 2.45) is 16.7 Å². The number of rotatable bonds is 14. The maximum absolute atomic E-state index is 13.7. The maximum Gasteiger partial charge on any atom is 0.408 e. The number of benzene rings is 2. The third-order valence-corrected chi connectivity index (χ3v) is 7.33. The van der Waals surface area contributed by atoms with Crippen LogP contribution < -0.4 is 5.32 Å². The van der Waals surface area contributed by atoms with E-state index in [1.54, 1.807) is 90.1 Å². The number of alkyl halides is 2. The minimum absolute atomic E-state index is 0.256. The number of hydrogen-bond donors (Lipinski definition) is 1. The van der Waals surface area contributed by atoms with Crippen LogP contribution >= 0.6 is 0 Å². The summed E-state index contributed by atoms with van der Waals surface area (Å²) in [6, 6.07) is 11.6. The molecule has 2 rings (SSSR count). The molecule has 0 unspecified atom stereocenters. The van der Waals surface area contributed by atoms with E-state index in [9.17, 15) is 32.8 Å². The standard InChI is InChI=1S/C34H43F2NO8/c1-21(33(5,6)19-35)29(40)43-17-26(38)24-13-9-22(10-14-24)23-11-15-25(16-12-23)27(39)18-44-30(41)28(34(7,8)20-36)37-31(42)45-32(2,3)4/h9-16,21,28H,17-20H2,1-8H3,(H,37,42)/t21-,28-/m1/s1. The summed E-state index contributed by atoms with van der Waals surface area (Å²) >= 11 is 0. The Hall–Kier alpha value is -4.15. The Balaban J connectivity index is 2.00. The molecule has 0 aliphatic heterocycles. The predicted octanol–water partition coefficient (Wildman–Crippen LogP) is 6.33. The fraction of sp³-hybridized carbons (Fsp3) is 0.500. The van der Waals surface area contributed by atoms with E-state index in [0.29, 0.717) is 5.56 Å². The van der Waals surface area contributed by atoms with E-state index in [0.717, 1.165) is 11.1 Å². The van der Waals surface area contributed by atoms with Crippen molar-refractivity contribution in [3.05, 3.63) is 59.7 Å². The topological polar surface area (TPSA) is 125 Å². The highest BCUT2D eigenvalue weighted by Gasteiger charge is 2.39. The van der Waals surface area contributed by atoms with Crippen molar-refractivity contribution in [1.82, 2.24) is 5.32 Å². The molecule has 45 heavy (non-hydrogen) atoms. The zero-order valence-electron chi connectivity index (χ0n) is 27.1. The van der Waals surface area contributed by atoms with Gasteiger partial charge in [-0.25, -0.2) is 9.59 Å². The Morgan fingerprint density at radius 1 is 0.667 bits per heavy atom. The van der Waals surface area contributed by atoms with Gasteiger partial charge in [-0.1, -0.05) is 83.1 Å². The van der Waals surface area contributed by atoms with E-state index in [1.807, 2.05) is 0 Å². The number of ether oxygens (including phenoxy) is 3. The van der Waals surface area contributed by atoms with Crippen LogP contribution in [0.25, 0.3) is 11.1 Å². The van der Waals surface area contributed by atoms with Gasteiger partial charge in [0.25, 0.3) is 0 Å². The average molecular weight is 632 g/mol. The molecule has 2 aromatic rings. The van der Waals surface area contributed by atoms with Gasteiger partial charge in [-0.2, -0.15) is 0 Å². The van der Waals surface area contributed by atoms with Gasteiger partial charge in [-0.3, -0.25) is 23.2 Å². The van der Waals surface area contributed by atoms with Crippen LogP contribution in [0.15, 0.2) is 48.5 Å². The molecule has 0 fully saturated rings. The van der Waals surface area contributed by atoms with Gasteiger partial charge < -0.3 is 19.5 Å². The molecular formula is C34H43F2NO8. The summed E-state index contributed by atoms with van der Waals surface area (Å²) in [7, 11) is 0. The largest absolute Gasteiger partial charge is 0.457 e. The third-order valence-electron chi connectivity index (χ3n) is 7.33. The van der Waals surface area contributed by atoms with Crippen molar-refractivity contribution in [3.8, 4) is 11.1 Å². The molecule has 2 atom stereocenters. The molecule has 0 bridgehead atoms. The molecule has 0 aromatic heterocycles. The lowest BCUT2D eigenvalue weighted by Crippen LogP contribution is -2.53. The van der Waals surface area contributed by atoms with Crippen LogP contribution in [-0.4, -0.2) is 67.8 Å². The van der Waals surface area contributed by atoms with Gasteiger partial charge in [-0.05, 0) is 31.9 Å². The number of halogens is 2. The number of carbonyl (C=O) groups excluding carboxylic acids is 5. The van der Waals surface area contributed by atoms with Crippen LogP contribution in [0.2, 0.25) is 0 Å². The Labute approximate surface area is 263 Å². The fourth-order valence-corrected chi connectivity index (χ4v) is 3.86. The highest BCUT2D eigenvalue weighted by molar-refractivity contribution is 5.99. The number of alkyl carbamates (subject to hydrolysis) is 1. The van der Waals surface area contributed by atoms with E-state index >= 15 is 0 Å². The molecule has 0 saturated carbocycles. The zero-order chi connectivity index (χ0) is 34.2. The lowest BCUT2D eigenvalue weighted by Gasteiger charge is -2.31. The summed E-state index contributed by atoms with van der Waals surface area (Å²) in [5.74, 6) is -3.26. The van der Waals surface area contributed by atoms with Crippen LogP contribution in [0, 0.1) is 16.7 Å². The SMILES string of the molecule is C[C@H](C(=O)OCC(=O)c1ccc(-c2ccc(C(=O)COC(=O)[C@@H](NC(=O)OC(C)(C)C)C(C)(C)CF)cc2)cc1)C(C)(C)CF. The van der Waals surface area contributed by atoms with Crippen LogP contribution in [0.4, 0.5) is 13.6 Å². The number of nitrogens with one attached hydrogen (secondary N) is 1. The van der Waals surface area contributed by atoms with Crippen molar-refractivity contribution < 1.29 is 47.0 Å². The van der Waals surface area contributed by atoms with Gasteiger partial charge in [-0.15, -0.1) is 0 Å². The molecule has 1 amide bonds. The molecule has 0 aliphatic rings. The van der Waals surface area contributed by atoms with Crippen molar-refractivity contribution in [2.75, 3.05) is 26.6 Å². The molecule has 11 heteroatoms. The average Bonchev–Trinajstić information content (AvgIpc) is 2.99. The Morgan fingerprint density at radius 2 is 1.07 bits per heavy atom. The van der Waals surface area contributed by atoms with E-state index < -0.39 is 84.6 Å². The molecule has 0 spiro atoms. The van der Waals surface area contributed by atoms with Crippen LogP contribution in [0.3, 0.4) is 0 Å². The Bertz CT molecular complexity index is 1360. The number of ketones is 2. The number of esters is 2. The number of carbonyl (C=O) groups is 5. The van der Waals surface area contributed by atoms with E-state index in [2.05, 4.69) is 5.32 Å². The summed E-state index contributed by atoms with van der Waals surface area (Å²) in [5.41, 5.74) is -0.997. The van der Waals surface area contributed by atoms with Crippen LogP contribution in [0.5, 0.6) is 0 Å². The fourth-order valence-electron chi connectivity index (χ4n) is 3.86. The summed E-state index contributed by atoms with van der Waals surface area (Å²) in [6.45, 7) is 9.84. The first kappa shape index (κ1) is 37.0. The summed E-state index contributed by atoms with van der Waals surface area (Å²) < 4.78 is 42.3. The monoisotopic (exact) mass is 631 g/mol. The third kappa shape index (κ3) is 10.8. The van der Waals surface area contributed by atoms with E-state index in [4.69, 9.17) is 14.2 Å². The molecule has 0 saturated heterocycles. The summed E-state index contributed by atoms with van der Waals surface area (Å²) in [6.07, 6.45) is -0.919. The van der Waals surface area contributed by atoms with Crippen LogP contribution in [-0.2, 0) is 23.8 Å². The van der Waals surface area contributed by atoms with E-state index in [1.165, 1.54) is 13.8 Å². The Morgan fingerprint density at radius 3 is 1.44 bits per heavy atom. The van der Waals surface area contributed by atoms with E-state index in [-0.39, 0.29) is 5.56 Å². The highest BCUT2D eigenvalue weighted by Crippen LogP contribution is 2.28. The highest BCUT2D eigenvalue weighted by atomic mass is 19.1. The first-order valence-electron chi connectivity index (χ1n) is 14.5. The molecular weight excluding hydrogens is 588 g/mol. The minimum atomic E-state index is -1.40.